The number of carbonyl (C=O) groups excluding carboxylic acids is 1. The van der Waals surface area contributed by atoms with Crippen LogP contribution in [0.2, 0.25) is 0 Å². The van der Waals surface area contributed by atoms with Gasteiger partial charge in [0.15, 0.2) is 0 Å². The molecule has 1 amide bonds. The fourth-order valence-corrected chi connectivity index (χ4v) is 3.44. The van der Waals surface area contributed by atoms with Gasteiger partial charge in [0.1, 0.15) is 0 Å². The average Bonchev–Trinajstić information content (AvgIpc) is 2.89. The fourth-order valence-electron chi connectivity index (χ4n) is 3.44. The quantitative estimate of drug-likeness (QED) is 0.700. The molecular weight excluding hydrogens is 234 g/mol. The zero-order chi connectivity index (χ0) is 15.1. The van der Waals surface area contributed by atoms with Crippen molar-refractivity contribution in [2.45, 2.75) is 86.1 Å². The van der Waals surface area contributed by atoms with E-state index in [1.54, 1.807) is 0 Å². The number of amides is 1. The Morgan fingerprint density at radius 1 is 1.21 bits per heavy atom. The number of fused-ring (bicyclic) bond motifs is 1. The lowest BCUT2D eigenvalue weighted by Crippen LogP contribution is -2.46. The molecular formula is C17H35NO. The Hall–Kier alpha value is -0.530. The van der Waals surface area contributed by atoms with Gasteiger partial charge in [0.05, 0.1) is 0 Å². The van der Waals surface area contributed by atoms with Crippen molar-refractivity contribution in [2.24, 2.45) is 11.8 Å². The first-order valence-corrected chi connectivity index (χ1v) is 8.34. The molecule has 0 bridgehead atoms. The van der Waals surface area contributed by atoms with Crippen molar-refractivity contribution in [3.05, 3.63) is 0 Å². The van der Waals surface area contributed by atoms with Crippen molar-refractivity contribution in [3.8, 4) is 0 Å². The van der Waals surface area contributed by atoms with E-state index >= 15 is 0 Å². The van der Waals surface area contributed by atoms with E-state index in [1.807, 2.05) is 27.7 Å². The lowest BCUT2D eigenvalue weighted by atomic mass is 9.90. The summed E-state index contributed by atoms with van der Waals surface area (Å²) in [6, 6.07) is 0. The largest absolute Gasteiger partial charge is 0.337 e. The van der Waals surface area contributed by atoms with Gasteiger partial charge in [-0.3, -0.25) is 4.79 Å². The summed E-state index contributed by atoms with van der Waals surface area (Å²) in [6.07, 6.45) is 5.83. The Morgan fingerprint density at radius 2 is 1.79 bits per heavy atom. The molecule has 0 aromatic heterocycles. The minimum atomic E-state index is 0.214. The third-order valence-corrected chi connectivity index (χ3v) is 4.32. The summed E-state index contributed by atoms with van der Waals surface area (Å²) in [5.74, 6) is 1.66. The number of hydrogen-bond donors (Lipinski definition) is 0. The molecule has 0 radical (unpaired) electrons. The highest BCUT2D eigenvalue weighted by Crippen LogP contribution is 2.47. The molecule has 0 aromatic rings. The maximum atomic E-state index is 12.1. The number of likely N-dealkylation sites (tertiary alicyclic amines) is 1. The lowest BCUT2D eigenvalue weighted by Gasteiger charge is -2.35. The maximum Gasteiger partial charge on any atom is 0.223 e. The van der Waals surface area contributed by atoms with Crippen molar-refractivity contribution in [1.82, 2.24) is 4.90 Å². The van der Waals surface area contributed by atoms with E-state index in [0.717, 1.165) is 18.9 Å². The molecule has 2 aliphatic rings. The number of carbonyl (C=O) groups is 1. The van der Waals surface area contributed by atoms with Gasteiger partial charge in [0, 0.05) is 18.5 Å². The van der Waals surface area contributed by atoms with Gasteiger partial charge < -0.3 is 4.90 Å². The van der Waals surface area contributed by atoms with E-state index < -0.39 is 0 Å². The lowest BCUT2D eigenvalue weighted by molar-refractivity contribution is -0.136. The maximum absolute atomic E-state index is 12.1. The minimum Gasteiger partial charge on any atom is -0.337 e. The summed E-state index contributed by atoms with van der Waals surface area (Å²) in [4.78, 5) is 14.3. The molecule has 0 unspecified atom stereocenters. The molecule has 1 aliphatic heterocycles. The molecule has 1 saturated carbocycles. The molecule has 2 rings (SSSR count). The van der Waals surface area contributed by atoms with Crippen molar-refractivity contribution in [2.75, 3.05) is 6.54 Å². The second-order valence-corrected chi connectivity index (χ2v) is 5.88. The predicted molar refractivity (Wildman–Crippen MR) is 84.2 cm³/mol. The molecule has 0 aromatic carbocycles. The highest BCUT2D eigenvalue weighted by molar-refractivity contribution is 5.77. The summed E-state index contributed by atoms with van der Waals surface area (Å²) in [5.41, 5.74) is 0.214. The average molecular weight is 269 g/mol. The molecule has 2 heteroatoms. The van der Waals surface area contributed by atoms with Crippen molar-refractivity contribution in [3.63, 3.8) is 0 Å². The highest BCUT2D eigenvalue weighted by atomic mass is 16.2. The van der Waals surface area contributed by atoms with Crippen molar-refractivity contribution >= 4 is 5.91 Å². The minimum absolute atomic E-state index is 0.214. The summed E-state index contributed by atoms with van der Waals surface area (Å²) in [6.45, 7) is 15.6. The Morgan fingerprint density at radius 3 is 2.32 bits per heavy atom. The second kappa shape index (κ2) is 8.60. The van der Waals surface area contributed by atoms with Crippen molar-refractivity contribution in [1.29, 1.82) is 0 Å². The van der Waals surface area contributed by atoms with E-state index in [-0.39, 0.29) is 5.54 Å². The molecule has 1 aliphatic carbocycles. The Kier molecular flexibility index (Phi) is 8.36. The van der Waals surface area contributed by atoms with Crippen LogP contribution in [-0.4, -0.2) is 22.9 Å². The Bertz CT molecular complexity index is 262. The number of hydrogen-bond acceptors (Lipinski definition) is 1. The number of rotatable bonds is 2. The topological polar surface area (TPSA) is 20.3 Å². The van der Waals surface area contributed by atoms with Gasteiger partial charge in [-0.25, -0.2) is 0 Å². The molecule has 1 heterocycles. The third-order valence-electron chi connectivity index (χ3n) is 4.32. The van der Waals surface area contributed by atoms with E-state index in [4.69, 9.17) is 0 Å². The van der Waals surface area contributed by atoms with Crippen LogP contribution in [0.4, 0.5) is 0 Å². The molecule has 1 saturated heterocycles. The Labute approximate surface area is 120 Å². The van der Waals surface area contributed by atoms with Gasteiger partial charge in [0.25, 0.3) is 0 Å². The molecule has 0 spiro atoms. The van der Waals surface area contributed by atoms with Crippen LogP contribution in [0.25, 0.3) is 0 Å². The smallest absolute Gasteiger partial charge is 0.223 e. The van der Waals surface area contributed by atoms with Crippen LogP contribution in [0, 0.1) is 11.8 Å². The molecule has 2 atom stereocenters. The summed E-state index contributed by atoms with van der Waals surface area (Å²) in [7, 11) is 0. The van der Waals surface area contributed by atoms with Crippen LogP contribution in [0.3, 0.4) is 0 Å². The predicted octanol–water partition coefficient (Wildman–Crippen LogP) is 4.88. The van der Waals surface area contributed by atoms with Gasteiger partial charge in [0.2, 0.25) is 5.91 Å². The zero-order valence-corrected chi connectivity index (χ0v) is 14.3. The molecule has 114 valence electrons. The van der Waals surface area contributed by atoms with Gasteiger partial charge in [-0.2, -0.15) is 0 Å². The summed E-state index contributed by atoms with van der Waals surface area (Å²) < 4.78 is 0. The van der Waals surface area contributed by atoms with Gasteiger partial charge in [-0.15, -0.1) is 0 Å². The normalized spacial score (nSPS) is 28.2. The van der Waals surface area contributed by atoms with Gasteiger partial charge in [-0.1, -0.05) is 48.0 Å². The zero-order valence-electron chi connectivity index (χ0n) is 14.3. The van der Waals surface area contributed by atoms with Crippen LogP contribution >= 0.6 is 0 Å². The van der Waals surface area contributed by atoms with E-state index in [9.17, 15) is 4.79 Å². The SMILES string of the molecule is CC.CC.CC(C)CC(=O)N1CC[C@@H]2CCC[C@@]21C. The van der Waals surface area contributed by atoms with Crippen LogP contribution in [-0.2, 0) is 4.79 Å². The fraction of sp³-hybridized carbons (Fsp3) is 0.941. The molecule has 2 nitrogen and oxygen atoms in total. The first-order chi connectivity index (χ1) is 9.04. The molecule has 19 heavy (non-hydrogen) atoms. The second-order valence-electron chi connectivity index (χ2n) is 5.88. The van der Waals surface area contributed by atoms with Crippen LogP contribution < -0.4 is 0 Å². The van der Waals surface area contributed by atoms with Gasteiger partial charge in [-0.05, 0) is 38.0 Å². The summed E-state index contributed by atoms with van der Waals surface area (Å²) >= 11 is 0. The van der Waals surface area contributed by atoms with Crippen LogP contribution in [0.5, 0.6) is 0 Å². The van der Waals surface area contributed by atoms with E-state index in [0.29, 0.717) is 11.8 Å². The first-order valence-electron chi connectivity index (χ1n) is 8.34. The first kappa shape index (κ1) is 18.5. The van der Waals surface area contributed by atoms with Crippen LogP contribution in [0.15, 0.2) is 0 Å². The van der Waals surface area contributed by atoms with Gasteiger partial charge >= 0.3 is 0 Å². The van der Waals surface area contributed by atoms with E-state index in [1.165, 1.54) is 25.7 Å². The third kappa shape index (κ3) is 4.22. The highest BCUT2D eigenvalue weighted by Gasteiger charge is 2.49. The summed E-state index contributed by atoms with van der Waals surface area (Å²) in [5, 5.41) is 0. The van der Waals surface area contributed by atoms with Crippen LogP contribution in [0.1, 0.15) is 80.6 Å². The standard InChI is InChI=1S/C13H23NO.2C2H6/c1-10(2)9-12(15)14-8-6-11-5-4-7-13(11,14)3;2*1-2/h10-11H,4-9H2,1-3H3;2*1-2H3/t11-,13-;;/m0../s1. The molecule has 2 fully saturated rings. The Balaban J connectivity index is 0.000000741. The number of nitrogens with zero attached hydrogens (tertiary/aromatic N) is 1. The van der Waals surface area contributed by atoms with E-state index in [2.05, 4.69) is 25.7 Å². The molecule has 0 N–H and O–H groups in total. The monoisotopic (exact) mass is 269 g/mol. The van der Waals surface area contributed by atoms with Crippen molar-refractivity contribution < 1.29 is 4.79 Å².